The van der Waals surface area contributed by atoms with Gasteiger partial charge in [0.2, 0.25) is 0 Å². The molecule has 0 aromatic rings. The molecule has 0 radical (unpaired) electrons. The molecule has 0 aromatic heterocycles. The Bertz CT molecular complexity index is 123. The van der Waals surface area contributed by atoms with Gasteiger partial charge in [0.05, 0.1) is 5.60 Å². The lowest BCUT2D eigenvalue weighted by molar-refractivity contribution is 0.0241. The van der Waals surface area contributed by atoms with Crippen LogP contribution < -0.4 is 0 Å². The Morgan fingerprint density at radius 3 is 1.78 bits per heavy atom. The van der Waals surface area contributed by atoms with Gasteiger partial charge in [0.1, 0.15) is 0 Å². The van der Waals surface area contributed by atoms with Gasteiger partial charge in [-0.2, -0.15) is 0 Å². The van der Waals surface area contributed by atoms with Crippen molar-refractivity contribution in [2.24, 2.45) is 11.3 Å². The van der Waals surface area contributed by atoms with Crippen molar-refractivity contribution in [1.82, 2.24) is 0 Å². The highest BCUT2D eigenvalue weighted by Crippen LogP contribution is 2.54. The summed E-state index contributed by atoms with van der Waals surface area (Å²) in [7, 11) is 0. The van der Waals surface area contributed by atoms with Crippen LogP contribution in [0.2, 0.25) is 0 Å². The highest BCUT2D eigenvalue weighted by atomic mass is 16.3. The molecule has 0 aromatic carbocycles. The molecule has 2 atom stereocenters. The van der Waals surface area contributed by atoms with Crippen molar-refractivity contribution in [3.05, 3.63) is 0 Å². The van der Waals surface area contributed by atoms with E-state index in [2.05, 4.69) is 27.7 Å². The van der Waals surface area contributed by atoms with E-state index in [1.54, 1.807) is 0 Å². The van der Waals surface area contributed by atoms with E-state index in [1.165, 1.54) is 0 Å². The molecule has 0 amide bonds. The number of rotatable bonds is 0. The zero-order valence-electron chi connectivity index (χ0n) is 6.73. The Morgan fingerprint density at radius 1 is 1.44 bits per heavy atom. The maximum atomic E-state index is 9.73. The van der Waals surface area contributed by atoms with Gasteiger partial charge in [0.25, 0.3) is 0 Å². The van der Waals surface area contributed by atoms with Crippen molar-refractivity contribution in [2.75, 3.05) is 0 Å². The smallest absolute Gasteiger partial charge is 0.0725 e. The van der Waals surface area contributed by atoms with Gasteiger partial charge < -0.3 is 5.11 Å². The molecule has 0 spiro atoms. The van der Waals surface area contributed by atoms with Gasteiger partial charge in [0.15, 0.2) is 0 Å². The fraction of sp³-hybridized carbons (Fsp3) is 1.00. The van der Waals surface area contributed by atoms with Crippen LogP contribution in [0.15, 0.2) is 0 Å². The topological polar surface area (TPSA) is 20.2 Å². The summed E-state index contributed by atoms with van der Waals surface area (Å²) in [4.78, 5) is 0. The van der Waals surface area contributed by atoms with E-state index in [-0.39, 0.29) is 11.0 Å². The molecule has 0 unspecified atom stereocenters. The lowest BCUT2D eigenvalue weighted by Crippen LogP contribution is -2.29. The summed E-state index contributed by atoms with van der Waals surface area (Å²) < 4.78 is 0. The summed E-state index contributed by atoms with van der Waals surface area (Å²) in [5.41, 5.74) is -0.278. The van der Waals surface area contributed by atoms with Crippen molar-refractivity contribution in [1.29, 1.82) is 0 Å². The predicted octanol–water partition coefficient (Wildman–Crippen LogP) is 1.80. The number of hydrogen-bond donors (Lipinski definition) is 1. The Labute approximate surface area is 57.1 Å². The van der Waals surface area contributed by atoms with Gasteiger partial charge in [-0.15, -0.1) is 0 Å². The summed E-state index contributed by atoms with van der Waals surface area (Å²) in [5, 5.41) is 9.73. The van der Waals surface area contributed by atoms with Crippen molar-refractivity contribution >= 4 is 0 Å². The average Bonchev–Trinajstić information content (AvgIpc) is 2.13. The van der Waals surface area contributed by atoms with Gasteiger partial charge in [-0.3, -0.25) is 0 Å². The monoisotopic (exact) mass is 128 g/mol. The van der Waals surface area contributed by atoms with Crippen LogP contribution in [0.1, 0.15) is 34.1 Å². The lowest BCUT2D eigenvalue weighted by Gasteiger charge is -2.26. The molecule has 0 aliphatic heterocycles. The molecule has 0 saturated heterocycles. The fourth-order valence-electron chi connectivity index (χ4n) is 1.45. The minimum absolute atomic E-state index is 0.0758. The molecular weight excluding hydrogens is 112 g/mol. The minimum Gasteiger partial charge on any atom is -0.389 e. The van der Waals surface area contributed by atoms with Crippen LogP contribution in [-0.4, -0.2) is 10.7 Å². The first-order valence-electron chi connectivity index (χ1n) is 3.60. The second kappa shape index (κ2) is 1.51. The van der Waals surface area contributed by atoms with Crippen molar-refractivity contribution < 1.29 is 5.11 Å². The van der Waals surface area contributed by atoms with Crippen molar-refractivity contribution in [3.8, 4) is 0 Å². The normalized spacial score (nSPS) is 43.0. The summed E-state index contributed by atoms with van der Waals surface area (Å²) >= 11 is 0. The Hall–Kier alpha value is -0.0400. The molecule has 1 fully saturated rings. The average molecular weight is 128 g/mol. The molecule has 1 N–H and O–H groups in total. The van der Waals surface area contributed by atoms with E-state index in [0.29, 0.717) is 5.92 Å². The first kappa shape index (κ1) is 7.07. The van der Waals surface area contributed by atoms with Gasteiger partial charge in [0, 0.05) is 0 Å². The lowest BCUT2D eigenvalue weighted by atomic mass is 9.85. The minimum atomic E-state index is -0.354. The maximum absolute atomic E-state index is 9.73. The number of hydrogen-bond acceptors (Lipinski definition) is 1. The Kier molecular flexibility index (Phi) is 1.19. The van der Waals surface area contributed by atoms with Crippen LogP contribution in [0.3, 0.4) is 0 Å². The first-order valence-corrected chi connectivity index (χ1v) is 3.60. The molecule has 1 heteroatoms. The summed E-state index contributed by atoms with van der Waals surface area (Å²) in [6.45, 7) is 8.38. The highest BCUT2D eigenvalue weighted by Gasteiger charge is 2.57. The van der Waals surface area contributed by atoms with Crippen LogP contribution in [0, 0.1) is 11.3 Å². The predicted molar refractivity (Wildman–Crippen MR) is 38.2 cm³/mol. The molecule has 54 valence electrons. The van der Waals surface area contributed by atoms with Crippen LogP contribution >= 0.6 is 0 Å². The van der Waals surface area contributed by atoms with Gasteiger partial charge in [-0.05, 0) is 17.8 Å². The fourth-order valence-corrected chi connectivity index (χ4v) is 1.45. The van der Waals surface area contributed by atoms with Crippen LogP contribution in [0.4, 0.5) is 0 Å². The molecule has 1 aliphatic rings. The van der Waals surface area contributed by atoms with Crippen LogP contribution in [0.5, 0.6) is 0 Å². The summed E-state index contributed by atoms with van der Waals surface area (Å²) in [6.07, 6.45) is 0.983. The van der Waals surface area contributed by atoms with Crippen LogP contribution in [0.25, 0.3) is 0 Å². The molecule has 1 aliphatic carbocycles. The Balaban J connectivity index is 2.64. The largest absolute Gasteiger partial charge is 0.389 e. The van der Waals surface area contributed by atoms with Crippen LogP contribution in [-0.2, 0) is 0 Å². The van der Waals surface area contributed by atoms with E-state index in [4.69, 9.17) is 0 Å². The molecule has 1 rings (SSSR count). The third kappa shape index (κ3) is 0.877. The molecule has 0 heterocycles. The standard InChI is InChI=1S/C8H16O/c1-6-5-8(6,9)7(2,3)4/h6,9H,5H2,1-4H3/t6-,8-/m1/s1. The summed E-state index contributed by atoms with van der Waals surface area (Å²) in [5.74, 6) is 0.512. The van der Waals surface area contributed by atoms with Crippen molar-refractivity contribution in [3.63, 3.8) is 0 Å². The van der Waals surface area contributed by atoms with Gasteiger partial charge in [-0.25, -0.2) is 0 Å². The van der Waals surface area contributed by atoms with Gasteiger partial charge in [-0.1, -0.05) is 27.7 Å². The number of aliphatic hydroxyl groups is 1. The SMILES string of the molecule is C[C@@H]1C[C@]1(O)C(C)(C)C. The zero-order valence-corrected chi connectivity index (χ0v) is 6.73. The quantitative estimate of drug-likeness (QED) is 0.527. The van der Waals surface area contributed by atoms with E-state index in [9.17, 15) is 5.11 Å². The molecule has 1 nitrogen and oxygen atoms in total. The molecular formula is C8H16O. The maximum Gasteiger partial charge on any atom is 0.0725 e. The second-order valence-corrected chi connectivity index (χ2v) is 4.28. The molecule has 0 bridgehead atoms. The summed E-state index contributed by atoms with van der Waals surface area (Å²) in [6, 6.07) is 0. The van der Waals surface area contributed by atoms with E-state index < -0.39 is 0 Å². The third-order valence-corrected chi connectivity index (χ3v) is 2.57. The van der Waals surface area contributed by atoms with E-state index >= 15 is 0 Å². The van der Waals surface area contributed by atoms with Crippen molar-refractivity contribution in [2.45, 2.75) is 39.7 Å². The Morgan fingerprint density at radius 2 is 1.78 bits per heavy atom. The second-order valence-electron chi connectivity index (χ2n) is 4.28. The molecule has 1 saturated carbocycles. The van der Waals surface area contributed by atoms with Gasteiger partial charge >= 0.3 is 0 Å². The van der Waals surface area contributed by atoms with E-state index in [1.807, 2.05) is 0 Å². The molecule has 9 heavy (non-hydrogen) atoms. The van der Waals surface area contributed by atoms with E-state index in [0.717, 1.165) is 6.42 Å². The zero-order chi connectivity index (χ0) is 7.28. The third-order valence-electron chi connectivity index (χ3n) is 2.57. The first-order chi connectivity index (χ1) is 3.88. The highest BCUT2D eigenvalue weighted by molar-refractivity contribution is 5.08.